The molecule has 10 unspecified atom stereocenters. The molecule has 6 nitrogen and oxygen atoms in total. The fourth-order valence-corrected chi connectivity index (χ4v) is 8.58. The van der Waals surface area contributed by atoms with E-state index in [4.69, 9.17) is 18.3 Å². The molecule has 0 radical (unpaired) electrons. The average molecular weight is 495 g/mol. The van der Waals surface area contributed by atoms with E-state index in [0.29, 0.717) is 36.0 Å². The van der Waals surface area contributed by atoms with Crippen LogP contribution in [0.4, 0.5) is 0 Å². The van der Waals surface area contributed by atoms with Crippen LogP contribution in [0.15, 0.2) is 46.0 Å². The first-order valence-corrected chi connectivity index (χ1v) is 14.3. The van der Waals surface area contributed by atoms with Gasteiger partial charge in [-0.3, -0.25) is 9.80 Å². The molecule has 5 saturated heterocycles. The van der Waals surface area contributed by atoms with Crippen molar-refractivity contribution in [3.63, 3.8) is 0 Å². The third-order valence-electron chi connectivity index (χ3n) is 10.7. The Morgan fingerprint density at radius 1 is 0.667 bits per heavy atom. The lowest BCUT2D eigenvalue weighted by molar-refractivity contribution is -0.402. The minimum absolute atomic E-state index is 0.0497. The Morgan fingerprint density at radius 3 is 1.50 bits per heavy atom. The minimum atomic E-state index is -0.344. The lowest BCUT2D eigenvalue weighted by Crippen LogP contribution is -2.76. The molecule has 0 N–H and O–H groups in total. The number of hydrogen-bond acceptors (Lipinski definition) is 6. The van der Waals surface area contributed by atoms with Crippen molar-refractivity contribution in [2.75, 3.05) is 0 Å². The molecule has 0 bridgehead atoms. The van der Waals surface area contributed by atoms with Gasteiger partial charge in [0.1, 0.15) is 23.7 Å². The second kappa shape index (κ2) is 8.45. The topological polar surface area (TPSA) is 51.2 Å². The van der Waals surface area contributed by atoms with Gasteiger partial charge in [0.15, 0.2) is 0 Å². The summed E-state index contributed by atoms with van der Waals surface area (Å²) in [6.07, 6.45) is 16.6. The number of rotatable bonds is 2. The van der Waals surface area contributed by atoms with E-state index in [1.165, 1.54) is 24.0 Å². The van der Waals surface area contributed by atoms with Crippen LogP contribution < -0.4 is 0 Å². The maximum atomic E-state index is 7.39. The van der Waals surface area contributed by atoms with Gasteiger partial charge in [0.2, 0.25) is 0 Å². The maximum absolute atomic E-state index is 7.39. The summed E-state index contributed by atoms with van der Waals surface area (Å²) in [6, 6.07) is 5.98. The zero-order chi connectivity index (χ0) is 24.7. The predicted molar refractivity (Wildman–Crippen MR) is 136 cm³/mol. The molecule has 5 aliphatic rings. The molecule has 5 aliphatic heterocycles. The summed E-state index contributed by atoms with van der Waals surface area (Å²) >= 11 is 0. The number of fused-ring (bicyclic) bond motifs is 6. The van der Waals surface area contributed by atoms with E-state index in [0.717, 1.165) is 38.5 Å². The van der Waals surface area contributed by atoms with Crippen molar-refractivity contribution in [2.24, 2.45) is 11.8 Å². The Balaban J connectivity index is 1.26. The van der Waals surface area contributed by atoms with Crippen molar-refractivity contribution >= 4 is 0 Å². The van der Waals surface area contributed by atoms with Gasteiger partial charge in [-0.05, 0) is 89.2 Å². The van der Waals surface area contributed by atoms with Crippen molar-refractivity contribution < 1.29 is 18.3 Å². The standard InChI is InChI=1S/C30H42N2O4/c1-19-5-7-25(21-11-15-33-17-21)31-23(19)9-13-29(3)27(31)35-30(4)14-10-24-20(2)6-8-26(22-12-16-34-18-22)32(24)28(30)36-29/h11-12,15-20,23-28H,5-10,13-14H2,1-4H3. The van der Waals surface area contributed by atoms with Gasteiger partial charge >= 0.3 is 0 Å². The van der Waals surface area contributed by atoms with Crippen LogP contribution in [0.2, 0.25) is 0 Å². The van der Waals surface area contributed by atoms with Crippen LogP contribution in [0, 0.1) is 11.8 Å². The minimum Gasteiger partial charge on any atom is -0.472 e. The molecule has 6 heteroatoms. The van der Waals surface area contributed by atoms with Gasteiger partial charge in [-0.15, -0.1) is 0 Å². The van der Waals surface area contributed by atoms with Gasteiger partial charge in [0.25, 0.3) is 0 Å². The Labute approximate surface area is 215 Å². The van der Waals surface area contributed by atoms with Crippen molar-refractivity contribution in [1.82, 2.24) is 9.80 Å². The van der Waals surface area contributed by atoms with E-state index < -0.39 is 0 Å². The van der Waals surface area contributed by atoms with Gasteiger partial charge in [0, 0.05) is 35.3 Å². The molecule has 0 saturated carbocycles. The fraction of sp³-hybridized carbons (Fsp3) is 0.733. The summed E-state index contributed by atoms with van der Waals surface area (Å²) in [5, 5.41) is 0. The SMILES string of the molecule is CC1CCC(c2ccoc2)N2C1CCC1(C)OC3N4C(c5ccoc5)CCC(C)C4CCC3(C)OC21. The molecule has 7 heterocycles. The Morgan fingerprint density at radius 2 is 1.11 bits per heavy atom. The summed E-state index contributed by atoms with van der Waals surface area (Å²) in [7, 11) is 0. The second-order valence-corrected chi connectivity index (χ2v) is 12.9. The van der Waals surface area contributed by atoms with Crippen molar-refractivity contribution in [2.45, 2.75) is 127 Å². The van der Waals surface area contributed by atoms with Crippen molar-refractivity contribution in [3.05, 3.63) is 48.3 Å². The van der Waals surface area contributed by atoms with Gasteiger partial charge in [-0.25, -0.2) is 0 Å². The molecule has 0 spiro atoms. The predicted octanol–water partition coefficient (Wildman–Crippen LogP) is 6.66. The van der Waals surface area contributed by atoms with Crippen LogP contribution in [-0.2, 0) is 9.47 Å². The van der Waals surface area contributed by atoms with Crippen LogP contribution in [0.25, 0.3) is 0 Å². The molecule has 0 aliphatic carbocycles. The normalized spacial score (nSPS) is 47.4. The molecule has 0 aromatic carbocycles. The van der Waals surface area contributed by atoms with Gasteiger partial charge in [-0.2, -0.15) is 0 Å². The summed E-state index contributed by atoms with van der Waals surface area (Å²) in [5.41, 5.74) is 1.87. The van der Waals surface area contributed by atoms with E-state index in [1.54, 1.807) is 0 Å². The molecule has 10 atom stereocenters. The highest BCUT2D eigenvalue weighted by Gasteiger charge is 2.63. The number of piperidine rings is 4. The zero-order valence-corrected chi connectivity index (χ0v) is 22.3. The Hall–Kier alpha value is -1.60. The van der Waals surface area contributed by atoms with E-state index in [1.807, 2.05) is 25.1 Å². The highest BCUT2D eigenvalue weighted by Crippen LogP contribution is 2.56. The Bertz CT molecular complexity index is 971. The van der Waals surface area contributed by atoms with E-state index >= 15 is 0 Å². The van der Waals surface area contributed by atoms with Gasteiger partial charge in [0.05, 0.1) is 25.1 Å². The molecule has 196 valence electrons. The monoisotopic (exact) mass is 494 g/mol. The zero-order valence-electron chi connectivity index (χ0n) is 22.3. The van der Waals surface area contributed by atoms with Gasteiger partial charge in [-0.1, -0.05) is 13.8 Å². The Kier molecular flexibility index (Phi) is 5.52. The van der Waals surface area contributed by atoms with Crippen molar-refractivity contribution in [3.8, 4) is 0 Å². The highest BCUT2D eigenvalue weighted by molar-refractivity contribution is 5.19. The van der Waals surface area contributed by atoms with Crippen molar-refractivity contribution in [1.29, 1.82) is 0 Å². The summed E-state index contributed by atoms with van der Waals surface area (Å²) in [6.45, 7) is 9.50. The second-order valence-electron chi connectivity index (χ2n) is 12.9. The molecule has 0 amide bonds. The molecule has 36 heavy (non-hydrogen) atoms. The molecule has 2 aromatic rings. The number of ether oxygens (including phenoxy) is 2. The lowest BCUT2D eigenvalue weighted by atomic mass is 9.72. The number of furan rings is 2. The molecule has 7 rings (SSSR count). The largest absolute Gasteiger partial charge is 0.472 e. The molecular formula is C30H42N2O4. The summed E-state index contributed by atoms with van der Waals surface area (Å²) < 4.78 is 25.9. The third-order valence-corrected chi connectivity index (χ3v) is 10.7. The van der Waals surface area contributed by atoms with E-state index in [2.05, 4.69) is 49.6 Å². The highest BCUT2D eigenvalue weighted by atomic mass is 16.6. The lowest BCUT2D eigenvalue weighted by Gasteiger charge is -2.67. The first kappa shape index (κ1) is 23.5. The number of nitrogens with zero attached hydrogens (tertiary/aromatic N) is 2. The van der Waals surface area contributed by atoms with E-state index in [9.17, 15) is 0 Å². The number of hydrogen-bond donors (Lipinski definition) is 0. The molecule has 5 fully saturated rings. The fourth-order valence-electron chi connectivity index (χ4n) is 8.58. The average Bonchev–Trinajstić information content (AvgIpc) is 3.58. The molecular weight excluding hydrogens is 452 g/mol. The van der Waals surface area contributed by atoms with Crippen LogP contribution >= 0.6 is 0 Å². The first-order chi connectivity index (χ1) is 17.4. The molecule has 2 aromatic heterocycles. The summed E-state index contributed by atoms with van der Waals surface area (Å²) in [5.74, 6) is 1.33. The smallest absolute Gasteiger partial charge is 0.141 e. The van der Waals surface area contributed by atoms with Crippen LogP contribution in [0.1, 0.15) is 102 Å². The first-order valence-electron chi connectivity index (χ1n) is 14.3. The summed E-state index contributed by atoms with van der Waals surface area (Å²) in [4.78, 5) is 5.39. The van der Waals surface area contributed by atoms with Crippen LogP contribution in [-0.4, -0.2) is 45.5 Å². The van der Waals surface area contributed by atoms with Crippen LogP contribution in [0.5, 0.6) is 0 Å². The van der Waals surface area contributed by atoms with Gasteiger partial charge < -0.3 is 18.3 Å². The van der Waals surface area contributed by atoms with Crippen LogP contribution in [0.3, 0.4) is 0 Å². The maximum Gasteiger partial charge on any atom is 0.141 e. The quantitative estimate of drug-likeness (QED) is 0.465. The third kappa shape index (κ3) is 3.44. The van der Waals surface area contributed by atoms with E-state index in [-0.39, 0.29) is 23.7 Å².